The van der Waals surface area contributed by atoms with E-state index in [0.29, 0.717) is 31.7 Å². The van der Waals surface area contributed by atoms with Crippen molar-refractivity contribution in [3.8, 4) is 0 Å². The molecule has 2 aromatic rings. The maximum Gasteiger partial charge on any atom is 0.332 e. The van der Waals surface area contributed by atoms with Crippen molar-refractivity contribution in [1.29, 1.82) is 0 Å². The second-order valence-electron chi connectivity index (χ2n) is 6.45. The van der Waals surface area contributed by atoms with E-state index >= 15 is 0 Å². The minimum Gasteiger partial charge on any atom is -0.394 e. The van der Waals surface area contributed by atoms with Gasteiger partial charge in [0.05, 0.1) is 19.3 Å². The van der Waals surface area contributed by atoms with E-state index in [1.807, 2.05) is 37.3 Å². The van der Waals surface area contributed by atoms with Crippen LogP contribution >= 0.6 is 0 Å². The lowest BCUT2D eigenvalue weighted by Crippen LogP contribution is -2.41. The Morgan fingerprint density at radius 2 is 1.93 bits per heavy atom. The van der Waals surface area contributed by atoms with E-state index in [1.165, 1.54) is 4.57 Å². The molecule has 7 nitrogen and oxygen atoms in total. The van der Waals surface area contributed by atoms with Crippen LogP contribution in [0.3, 0.4) is 0 Å². The summed E-state index contributed by atoms with van der Waals surface area (Å²) in [6, 6.07) is 9.56. The van der Waals surface area contributed by atoms with E-state index in [4.69, 9.17) is 9.47 Å². The second kappa shape index (κ2) is 10.8. The van der Waals surface area contributed by atoms with Crippen molar-refractivity contribution in [3.63, 3.8) is 0 Å². The van der Waals surface area contributed by atoms with E-state index in [0.717, 1.165) is 16.6 Å². The molecule has 0 aliphatic rings. The predicted octanol–water partition coefficient (Wildman–Crippen LogP) is 1.67. The molecule has 1 N–H and O–H groups in total. The third-order valence-corrected chi connectivity index (χ3v) is 4.19. The Morgan fingerprint density at radius 3 is 2.59 bits per heavy atom. The Kier molecular flexibility index (Phi) is 8.44. The van der Waals surface area contributed by atoms with Crippen LogP contribution in [0.2, 0.25) is 0 Å². The van der Waals surface area contributed by atoms with Crippen LogP contribution in [0, 0.1) is 6.92 Å². The Labute approximate surface area is 158 Å². The van der Waals surface area contributed by atoms with Gasteiger partial charge < -0.3 is 14.6 Å². The molecule has 1 atom stereocenters. The number of ether oxygens (including phenoxy) is 2. The fraction of sp³-hybridized carbons (Fsp3) is 0.500. The lowest BCUT2D eigenvalue weighted by atomic mass is 10.2. The van der Waals surface area contributed by atoms with E-state index in [-0.39, 0.29) is 25.0 Å². The summed E-state index contributed by atoms with van der Waals surface area (Å²) in [5.74, 6) is 0. The second-order valence-corrected chi connectivity index (χ2v) is 6.45. The molecule has 0 saturated heterocycles. The predicted molar refractivity (Wildman–Crippen MR) is 103 cm³/mol. The van der Waals surface area contributed by atoms with Crippen LogP contribution in [0.15, 0.2) is 46.1 Å². The first kappa shape index (κ1) is 21.1. The fourth-order valence-corrected chi connectivity index (χ4v) is 2.70. The van der Waals surface area contributed by atoms with Gasteiger partial charge in [0.25, 0.3) is 5.56 Å². The molecule has 1 heterocycles. The molecule has 0 aliphatic carbocycles. The van der Waals surface area contributed by atoms with Crippen molar-refractivity contribution < 1.29 is 14.6 Å². The van der Waals surface area contributed by atoms with Crippen LogP contribution < -0.4 is 11.2 Å². The minimum atomic E-state index is -0.425. The largest absolute Gasteiger partial charge is 0.394 e. The van der Waals surface area contributed by atoms with E-state index in [1.54, 1.807) is 13.1 Å². The quantitative estimate of drug-likeness (QED) is 0.645. The molecule has 0 radical (unpaired) electrons. The van der Waals surface area contributed by atoms with Crippen molar-refractivity contribution >= 4 is 0 Å². The summed E-state index contributed by atoms with van der Waals surface area (Å²) in [4.78, 5) is 25.0. The Hall–Kier alpha value is -2.22. The maximum atomic E-state index is 12.6. The summed E-state index contributed by atoms with van der Waals surface area (Å²) in [6.45, 7) is 4.69. The zero-order valence-electron chi connectivity index (χ0n) is 16.0. The van der Waals surface area contributed by atoms with E-state index < -0.39 is 5.69 Å². The van der Waals surface area contributed by atoms with Gasteiger partial charge in [-0.1, -0.05) is 37.3 Å². The van der Waals surface area contributed by atoms with Crippen molar-refractivity contribution in [2.75, 3.05) is 13.2 Å². The minimum absolute atomic E-state index is 0.104. The number of benzene rings is 1. The van der Waals surface area contributed by atoms with Gasteiger partial charge in [0.1, 0.15) is 6.73 Å². The number of nitrogens with zero attached hydrogens (tertiary/aromatic N) is 2. The van der Waals surface area contributed by atoms with Crippen LogP contribution in [-0.2, 0) is 29.4 Å². The lowest BCUT2D eigenvalue weighted by Gasteiger charge is -2.17. The van der Waals surface area contributed by atoms with E-state index in [2.05, 4.69) is 0 Å². The van der Waals surface area contributed by atoms with Gasteiger partial charge in [0.2, 0.25) is 0 Å². The number of hydrogen-bond acceptors (Lipinski definition) is 5. The number of aryl methyl sites for hydroxylation is 2. The zero-order valence-corrected chi connectivity index (χ0v) is 16.0. The summed E-state index contributed by atoms with van der Waals surface area (Å²) < 4.78 is 13.7. The van der Waals surface area contributed by atoms with Crippen LogP contribution in [0.25, 0.3) is 0 Å². The van der Waals surface area contributed by atoms with Gasteiger partial charge in [-0.05, 0) is 25.3 Å². The molecule has 1 aromatic carbocycles. The van der Waals surface area contributed by atoms with Crippen LogP contribution in [0.4, 0.5) is 0 Å². The van der Waals surface area contributed by atoms with Gasteiger partial charge >= 0.3 is 5.69 Å². The standard InChI is InChI=1S/C20H28N2O5/c1-3-11-27-18(13-23)9-10-21-12-16(2)19(24)22(20(21)25)15-26-14-17-7-5-4-6-8-17/h4-8,12,18,23H,3,9-11,13-15H2,1-2H3/t18-/m0/s1. The molecular weight excluding hydrogens is 348 g/mol. The molecule has 0 unspecified atom stereocenters. The van der Waals surface area contributed by atoms with Crippen molar-refractivity contribution in [2.24, 2.45) is 0 Å². The van der Waals surface area contributed by atoms with Gasteiger partial charge in [0, 0.05) is 24.9 Å². The molecule has 0 amide bonds. The van der Waals surface area contributed by atoms with Gasteiger partial charge in [-0.25, -0.2) is 9.36 Å². The first-order valence-corrected chi connectivity index (χ1v) is 9.21. The molecule has 0 bridgehead atoms. The number of aliphatic hydroxyl groups is 1. The fourth-order valence-electron chi connectivity index (χ4n) is 2.70. The SMILES string of the molecule is CCCO[C@H](CO)CCn1cc(C)c(=O)n(COCc2ccccc2)c1=O. The van der Waals surface area contributed by atoms with Crippen LogP contribution in [0.5, 0.6) is 0 Å². The van der Waals surface area contributed by atoms with Crippen LogP contribution in [0.1, 0.15) is 30.9 Å². The highest BCUT2D eigenvalue weighted by Gasteiger charge is 2.12. The first-order chi connectivity index (χ1) is 13.1. The van der Waals surface area contributed by atoms with Gasteiger partial charge in [-0.3, -0.25) is 9.36 Å². The third-order valence-electron chi connectivity index (χ3n) is 4.19. The average Bonchev–Trinajstić information content (AvgIpc) is 2.69. The van der Waals surface area contributed by atoms with Gasteiger partial charge in [-0.15, -0.1) is 0 Å². The highest BCUT2D eigenvalue weighted by atomic mass is 16.5. The maximum absolute atomic E-state index is 12.6. The number of aliphatic hydroxyl groups excluding tert-OH is 1. The van der Waals surface area contributed by atoms with Gasteiger partial charge in [-0.2, -0.15) is 0 Å². The summed E-state index contributed by atoms with van der Waals surface area (Å²) in [6.07, 6.45) is 2.57. The van der Waals surface area contributed by atoms with Gasteiger partial charge in [0.15, 0.2) is 0 Å². The Bertz CT molecular complexity index is 813. The highest BCUT2D eigenvalue weighted by molar-refractivity contribution is 5.13. The van der Waals surface area contributed by atoms with Crippen molar-refractivity contribution in [3.05, 3.63) is 68.5 Å². The Balaban J connectivity index is 2.06. The molecule has 0 aliphatic heterocycles. The molecular formula is C20H28N2O5. The third kappa shape index (κ3) is 6.16. The topological polar surface area (TPSA) is 82.7 Å². The van der Waals surface area contributed by atoms with Crippen molar-refractivity contribution in [2.45, 2.75) is 52.7 Å². The summed E-state index contributed by atoms with van der Waals surface area (Å²) in [5.41, 5.74) is 0.654. The molecule has 0 spiro atoms. The van der Waals surface area contributed by atoms with Crippen LogP contribution in [-0.4, -0.2) is 33.6 Å². The molecule has 1 aromatic heterocycles. The lowest BCUT2D eigenvalue weighted by molar-refractivity contribution is 0.00561. The zero-order chi connectivity index (χ0) is 19.6. The number of aromatic nitrogens is 2. The summed E-state index contributed by atoms with van der Waals surface area (Å²) in [5, 5.41) is 9.39. The molecule has 7 heteroatoms. The molecule has 2 rings (SSSR count). The smallest absolute Gasteiger partial charge is 0.332 e. The molecule has 0 fully saturated rings. The summed E-state index contributed by atoms with van der Waals surface area (Å²) in [7, 11) is 0. The highest BCUT2D eigenvalue weighted by Crippen LogP contribution is 2.03. The summed E-state index contributed by atoms with van der Waals surface area (Å²) >= 11 is 0. The first-order valence-electron chi connectivity index (χ1n) is 9.21. The number of hydrogen-bond donors (Lipinski definition) is 1. The number of rotatable bonds is 11. The molecule has 148 valence electrons. The average molecular weight is 376 g/mol. The normalized spacial score (nSPS) is 12.3. The van der Waals surface area contributed by atoms with E-state index in [9.17, 15) is 14.7 Å². The molecule has 27 heavy (non-hydrogen) atoms. The van der Waals surface area contributed by atoms with Crippen molar-refractivity contribution in [1.82, 2.24) is 9.13 Å². The Morgan fingerprint density at radius 1 is 1.19 bits per heavy atom. The molecule has 0 saturated carbocycles. The monoisotopic (exact) mass is 376 g/mol.